The molecule has 5 nitrogen and oxygen atoms in total. The van der Waals surface area contributed by atoms with Crippen LogP contribution in [0.2, 0.25) is 0 Å². The first-order valence-corrected chi connectivity index (χ1v) is 9.14. The van der Waals surface area contributed by atoms with E-state index in [1.54, 1.807) is 0 Å². The van der Waals surface area contributed by atoms with Crippen molar-refractivity contribution in [3.63, 3.8) is 0 Å². The lowest BCUT2D eigenvalue weighted by Crippen LogP contribution is -2.35. The summed E-state index contributed by atoms with van der Waals surface area (Å²) in [5.74, 6) is 1.00. The first kappa shape index (κ1) is 16.9. The van der Waals surface area contributed by atoms with Gasteiger partial charge in [0.05, 0.1) is 5.71 Å². The number of rotatable bonds is 1. The number of para-hydroxylation sites is 1. The lowest BCUT2D eigenvalue weighted by Gasteiger charge is -2.29. The summed E-state index contributed by atoms with van der Waals surface area (Å²) < 4.78 is 6.05. The lowest BCUT2D eigenvalue weighted by molar-refractivity contribution is 0.0954. The van der Waals surface area contributed by atoms with Crippen molar-refractivity contribution in [3.05, 3.63) is 52.5 Å². The van der Waals surface area contributed by atoms with Crippen LogP contribution >= 0.6 is 0 Å². The third-order valence-electron chi connectivity index (χ3n) is 5.46. The summed E-state index contributed by atoms with van der Waals surface area (Å²) in [5.41, 5.74) is 4.29. The van der Waals surface area contributed by atoms with E-state index in [1.807, 2.05) is 30.0 Å². The Kier molecular flexibility index (Phi) is 3.90. The number of hydrogen-bond donors (Lipinski definition) is 1. The molecule has 0 unspecified atom stereocenters. The van der Waals surface area contributed by atoms with E-state index in [2.05, 4.69) is 25.1 Å². The summed E-state index contributed by atoms with van der Waals surface area (Å²) >= 11 is 0. The molecule has 0 saturated carbocycles. The minimum Gasteiger partial charge on any atom is -0.455 e. The molecule has 2 aromatic rings. The topological polar surface area (TPSA) is 66.0 Å². The van der Waals surface area contributed by atoms with Crippen molar-refractivity contribution in [2.75, 3.05) is 11.4 Å². The maximum absolute atomic E-state index is 13.3. The highest BCUT2D eigenvalue weighted by atomic mass is 16.4. The molecule has 0 atom stereocenters. The molecule has 2 heterocycles. The summed E-state index contributed by atoms with van der Waals surface area (Å²) in [7, 11) is 0. The van der Waals surface area contributed by atoms with Crippen LogP contribution in [-0.2, 0) is 12.8 Å². The highest BCUT2D eigenvalue weighted by Crippen LogP contribution is 2.39. The number of carbonyl (C=O) groups is 1. The lowest BCUT2D eigenvalue weighted by atomic mass is 9.75. The van der Waals surface area contributed by atoms with Gasteiger partial charge in [0.15, 0.2) is 5.76 Å². The first-order chi connectivity index (χ1) is 12.4. The van der Waals surface area contributed by atoms with E-state index in [4.69, 9.17) is 4.42 Å². The van der Waals surface area contributed by atoms with Gasteiger partial charge in [-0.25, -0.2) is 0 Å². The van der Waals surface area contributed by atoms with Crippen LogP contribution in [0.15, 0.2) is 33.8 Å². The van der Waals surface area contributed by atoms with Gasteiger partial charge in [-0.3, -0.25) is 4.79 Å². The van der Waals surface area contributed by atoms with Crippen LogP contribution in [0.4, 0.5) is 5.69 Å². The molecule has 136 valence electrons. The number of anilines is 1. The molecule has 1 aliphatic heterocycles. The fraction of sp³-hybridized carbons (Fsp3) is 0.429. The number of amides is 1. The molecular formula is C21H24N2O3. The number of oxime groups is 1. The van der Waals surface area contributed by atoms with Gasteiger partial charge in [-0.05, 0) is 43.2 Å². The molecule has 5 heteroatoms. The zero-order valence-corrected chi connectivity index (χ0v) is 15.5. The Morgan fingerprint density at radius 1 is 1.27 bits per heavy atom. The van der Waals surface area contributed by atoms with Crippen LogP contribution < -0.4 is 4.90 Å². The summed E-state index contributed by atoms with van der Waals surface area (Å²) in [6.07, 6.45) is 3.32. The maximum atomic E-state index is 13.3. The molecule has 1 amide bonds. The minimum atomic E-state index is -0.112. The number of furan rings is 1. The molecule has 2 aliphatic rings. The highest BCUT2D eigenvalue weighted by Gasteiger charge is 2.37. The summed E-state index contributed by atoms with van der Waals surface area (Å²) in [4.78, 5) is 15.1. The SMILES string of the molecule is Cc1c(C(=O)N2CCCc3ccccc32)oc2c1/C(=N/O)CC(C)(C)C2. The van der Waals surface area contributed by atoms with Crippen LogP contribution in [0.1, 0.15) is 59.7 Å². The van der Waals surface area contributed by atoms with Crippen LogP contribution in [0.3, 0.4) is 0 Å². The van der Waals surface area contributed by atoms with Crippen LogP contribution in [0.25, 0.3) is 0 Å². The van der Waals surface area contributed by atoms with E-state index >= 15 is 0 Å². The number of carbonyl (C=O) groups excluding carboxylic acids is 1. The zero-order chi connectivity index (χ0) is 18.5. The Labute approximate surface area is 153 Å². The van der Waals surface area contributed by atoms with Crippen LogP contribution in [0.5, 0.6) is 0 Å². The van der Waals surface area contributed by atoms with Crippen molar-refractivity contribution in [3.8, 4) is 0 Å². The van der Waals surface area contributed by atoms with Crippen molar-refractivity contribution >= 4 is 17.3 Å². The molecule has 0 saturated heterocycles. The Morgan fingerprint density at radius 2 is 2.04 bits per heavy atom. The summed E-state index contributed by atoms with van der Waals surface area (Å²) in [6.45, 7) is 6.80. The molecule has 0 radical (unpaired) electrons. The van der Waals surface area contributed by atoms with Gasteiger partial charge in [0, 0.05) is 29.8 Å². The van der Waals surface area contributed by atoms with Gasteiger partial charge in [0.25, 0.3) is 5.91 Å². The third kappa shape index (κ3) is 2.62. The second-order valence-corrected chi connectivity index (χ2v) is 8.11. The Morgan fingerprint density at radius 3 is 2.81 bits per heavy atom. The quantitative estimate of drug-likeness (QED) is 0.613. The van der Waals surface area contributed by atoms with E-state index in [1.165, 1.54) is 5.56 Å². The maximum Gasteiger partial charge on any atom is 0.294 e. The van der Waals surface area contributed by atoms with E-state index in [0.717, 1.165) is 41.8 Å². The van der Waals surface area contributed by atoms with Gasteiger partial charge in [-0.15, -0.1) is 0 Å². The fourth-order valence-electron chi connectivity index (χ4n) is 4.27. The molecule has 1 aromatic heterocycles. The molecule has 1 aliphatic carbocycles. The van der Waals surface area contributed by atoms with Gasteiger partial charge >= 0.3 is 0 Å². The monoisotopic (exact) mass is 352 g/mol. The molecule has 4 rings (SSSR count). The van der Waals surface area contributed by atoms with Crippen molar-refractivity contribution in [2.45, 2.75) is 46.5 Å². The van der Waals surface area contributed by atoms with Crippen molar-refractivity contribution in [2.24, 2.45) is 10.6 Å². The van der Waals surface area contributed by atoms with Gasteiger partial charge in [-0.2, -0.15) is 0 Å². The largest absolute Gasteiger partial charge is 0.455 e. The molecule has 1 aromatic carbocycles. The molecule has 0 bridgehead atoms. The molecular weight excluding hydrogens is 328 g/mol. The number of benzene rings is 1. The van der Waals surface area contributed by atoms with Crippen LogP contribution in [0, 0.1) is 12.3 Å². The van der Waals surface area contributed by atoms with Gasteiger partial charge in [-0.1, -0.05) is 37.2 Å². The predicted molar refractivity (Wildman–Crippen MR) is 100 cm³/mol. The van der Waals surface area contributed by atoms with Gasteiger partial charge < -0.3 is 14.5 Å². The average Bonchev–Trinajstić information content (AvgIpc) is 2.95. The smallest absolute Gasteiger partial charge is 0.294 e. The van der Waals surface area contributed by atoms with E-state index in [-0.39, 0.29) is 11.3 Å². The number of hydrogen-bond acceptors (Lipinski definition) is 4. The molecule has 0 fully saturated rings. The number of fused-ring (bicyclic) bond motifs is 2. The second kappa shape index (κ2) is 6.01. The Bertz CT molecular complexity index is 908. The van der Waals surface area contributed by atoms with E-state index in [9.17, 15) is 10.0 Å². The Hall–Kier alpha value is -2.56. The third-order valence-corrected chi connectivity index (χ3v) is 5.46. The first-order valence-electron chi connectivity index (χ1n) is 9.14. The molecule has 0 spiro atoms. The number of nitrogens with zero attached hydrogens (tertiary/aromatic N) is 2. The van der Waals surface area contributed by atoms with Gasteiger partial charge in [0.1, 0.15) is 5.76 Å². The highest BCUT2D eigenvalue weighted by molar-refractivity contribution is 6.10. The Balaban J connectivity index is 1.77. The molecule has 1 N–H and O–H groups in total. The fourth-order valence-corrected chi connectivity index (χ4v) is 4.27. The van der Waals surface area contributed by atoms with Crippen molar-refractivity contribution in [1.29, 1.82) is 0 Å². The summed E-state index contributed by atoms with van der Waals surface area (Å²) in [5, 5.41) is 13.0. The van der Waals surface area contributed by atoms with E-state index in [0.29, 0.717) is 24.4 Å². The zero-order valence-electron chi connectivity index (χ0n) is 15.5. The van der Waals surface area contributed by atoms with Gasteiger partial charge in [0.2, 0.25) is 0 Å². The predicted octanol–water partition coefficient (Wildman–Crippen LogP) is 4.33. The van der Waals surface area contributed by atoms with E-state index < -0.39 is 0 Å². The van der Waals surface area contributed by atoms with Crippen LogP contribution in [-0.4, -0.2) is 23.4 Å². The normalized spacial score (nSPS) is 20.0. The standard InChI is InChI=1S/C21H24N2O3/c1-13-18-15(22-25)11-21(2,3)12-17(18)26-19(13)20(24)23-10-6-8-14-7-4-5-9-16(14)23/h4-5,7,9,25H,6,8,10-12H2,1-3H3/b22-15+. The minimum absolute atomic E-state index is 0.0586. The average molecular weight is 352 g/mol. The van der Waals surface area contributed by atoms with Crippen molar-refractivity contribution in [1.82, 2.24) is 0 Å². The second-order valence-electron chi connectivity index (χ2n) is 8.11. The summed E-state index contributed by atoms with van der Waals surface area (Å²) in [6, 6.07) is 8.04. The number of aryl methyl sites for hydroxylation is 1. The van der Waals surface area contributed by atoms with Crippen molar-refractivity contribution < 1.29 is 14.4 Å². The molecule has 26 heavy (non-hydrogen) atoms.